The average Bonchev–Trinajstić information content (AvgIpc) is 1.97. The van der Waals surface area contributed by atoms with Crippen molar-refractivity contribution in [1.29, 1.82) is 0 Å². The molecule has 0 saturated carbocycles. The van der Waals surface area contributed by atoms with Crippen molar-refractivity contribution in [1.82, 2.24) is 0 Å². The summed E-state index contributed by atoms with van der Waals surface area (Å²) < 4.78 is 1.95. The molecule has 0 aliphatic heterocycles. The lowest BCUT2D eigenvalue weighted by molar-refractivity contribution is -0.864. The van der Waals surface area contributed by atoms with Crippen molar-refractivity contribution >= 4 is 6.16 Å². The van der Waals surface area contributed by atoms with E-state index >= 15 is 0 Å². The number of carboxylic acid groups (broad SMARTS) is 2. The molecule has 0 aliphatic rings. The van der Waals surface area contributed by atoms with E-state index < -0.39 is 6.16 Å². The molecular formula is C13H28N2O3. The highest BCUT2D eigenvalue weighted by Crippen LogP contribution is 1.87. The standard InChI is InChI=1S/2C6H14N.CH2O3/c2*1-5-6-7(2,3)4;2-1(3)4/h2*5H,1,6H2,2-4H3;(H2,2,3,4)/q2*+1;/p-2. The minimum atomic E-state index is -2.33. The Bertz CT molecular complexity index is 214. The summed E-state index contributed by atoms with van der Waals surface area (Å²) >= 11 is 0. The first-order valence-electron chi connectivity index (χ1n) is 5.56. The van der Waals surface area contributed by atoms with E-state index in [2.05, 4.69) is 55.4 Å². The van der Waals surface area contributed by atoms with E-state index in [-0.39, 0.29) is 0 Å². The Morgan fingerprint density at radius 1 is 0.889 bits per heavy atom. The van der Waals surface area contributed by atoms with Crippen LogP contribution >= 0.6 is 0 Å². The van der Waals surface area contributed by atoms with Gasteiger partial charge in [0.1, 0.15) is 0 Å². The molecule has 0 aromatic rings. The molecule has 5 heteroatoms. The Balaban J connectivity index is -0.000000196. The minimum Gasteiger partial charge on any atom is -0.652 e. The van der Waals surface area contributed by atoms with Crippen LogP contribution in [0.25, 0.3) is 0 Å². The summed E-state index contributed by atoms with van der Waals surface area (Å²) in [5.41, 5.74) is 0. The van der Waals surface area contributed by atoms with Crippen molar-refractivity contribution in [2.24, 2.45) is 0 Å². The number of carbonyl (C=O) groups excluding carboxylic acids is 1. The molecule has 0 aromatic heterocycles. The molecule has 0 amide bonds. The van der Waals surface area contributed by atoms with Crippen molar-refractivity contribution in [3.05, 3.63) is 25.3 Å². The monoisotopic (exact) mass is 260 g/mol. The van der Waals surface area contributed by atoms with E-state index in [1.54, 1.807) is 0 Å². The van der Waals surface area contributed by atoms with Crippen LogP contribution in [0.2, 0.25) is 0 Å². The summed E-state index contributed by atoms with van der Waals surface area (Å²) in [4.78, 5) is 8.33. The number of likely N-dealkylation sites (N-methyl/N-ethyl adjacent to an activating group) is 2. The molecule has 0 spiro atoms. The summed E-state index contributed by atoms with van der Waals surface area (Å²) in [7, 11) is 12.8. The first kappa shape index (κ1) is 21.9. The quantitative estimate of drug-likeness (QED) is 0.496. The average molecular weight is 260 g/mol. The fraction of sp³-hybridized carbons (Fsp3) is 0.615. The van der Waals surface area contributed by atoms with Gasteiger partial charge in [0.2, 0.25) is 0 Å². The van der Waals surface area contributed by atoms with E-state index in [4.69, 9.17) is 15.0 Å². The van der Waals surface area contributed by atoms with Crippen molar-refractivity contribution in [2.45, 2.75) is 0 Å². The molecule has 0 bridgehead atoms. The highest BCUT2D eigenvalue weighted by atomic mass is 16.6. The highest BCUT2D eigenvalue weighted by molar-refractivity contribution is 5.47. The molecule has 5 nitrogen and oxygen atoms in total. The summed E-state index contributed by atoms with van der Waals surface area (Å²) in [6.07, 6.45) is 1.53. The maximum absolute atomic E-state index is 8.33. The molecule has 0 aromatic carbocycles. The summed E-state index contributed by atoms with van der Waals surface area (Å²) in [6, 6.07) is 0. The van der Waals surface area contributed by atoms with Gasteiger partial charge < -0.3 is 24.0 Å². The van der Waals surface area contributed by atoms with Gasteiger partial charge in [-0.3, -0.25) is 0 Å². The van der Waals surface area contributed by atoms with Crippen LogP contribution in [0.15, 0.2) is 25.3 Å². The molecule has 0 heterocycles. The topological polar surface area (TPSA) is 63.2 Å². The SMILES string of the molecule is C=CC[N+](C)(C)C.C=CC[N+](C)(C)C.O=C([O-])[O-]. The molecule has 0 radical (unpaired) electrons. The Hall–Kier alpha value is -1.33. The van der Waals surface area contributed by atoms with Gasteiger partial charge in [-0.05, 0) is 18.3 Å². The van der Waals surface area contributed by atoms with Crippen LogP contribution in [0, 0.1) is 0 Å². The summed E-state index contributed by atoms with van der Waals surface area (Å²) in [5, 5.41) is 16.7. The summed E-state index contributed by atoms with van der Waals surface area (Å²) in [6.45, 7) is 9.34. The lowest BCUT2D eigenvalue weighted by Crippen LogP contribution is -2.37. The molecule has 18 heavy (non-hydrogen) atoms. The number of rotatable bonds is 4. The van der Waals surface area contributed by atoms with Gasteiger partial charge in [-0.1, -0.05) is 13.2 Å². The predicted octanol–water partition coefficient (Wildman–Crippen LogP) is -0.690. The van der Waals surface area contributed by atoms with Gasteiger partial charge in [0.15, 0.2) is 0 Å². The van der Waals surface area contributed by atoms with Gasteiger partial charge in [-0.25, -0.2) is 0 Å². The van der Waals surface area contributed by atoms with Gasteiger partial charge in [0.05, 0.1) is 55.4 Å². The van der Waals surface area contributed by atoms with E-state index in [0.717, 1.165) is 22.1 Å². The molecule has 0 rings (SSSR count). The molecule has 0 unspecified atom stereocenters. The molecule has 0 fully saturated rings. The van der Waals surface area contributed by atoms with Crippen LogP contribution in [0.4, 0.5) is 4.79 Å². The molecule has 108 valence electrons. The Morgan fingerprint density at radius 3 is 1.06 bits per heavy atom. The lowest BCUT2D eigenvalue weighted by Gasteiger charge is -2.21. The van der Waals surface area contributed by atoms with Gasteiger partial charge in [-0.15, -0.1) is 0 Å². The van der Waals surface area contributed by atoms with Crippen molar-refractivity contribution < 1.29 is 24.0 Å². The van der Waals surface area contributed by atoms with Gasteiger partial charge in [0, 0.05) is 0 Å². The lowest BCUT2D eigenvalue weighted by atomic mass is 10.5. The van der Waals surface area contributed by atoms with E-state index in [9.17, 15) is 0 Å². The zero-order valence-electron chi connectivity index (χ0n) is 12.6. The van der Waals surface area contributed by atoms with E-state index in [1.165, 1.54) is 0 Å². The third kappa shape index (κ3) is 61.6. The molecule has 0 saturated heterocycles. The Labute approximate surface area is 111 Å². The second kappa shape index (κ2) is 10.8. The maximum atomic E-state index is 8.33. The van der Waals surface area contributed by atoms with Gasteiger partial charge in [0.25, 0.3) is 0 Å². The largest absolute Gasteiger partial charge is 0.652 e. The first-order valence-corrected chi connectivity index (χ1v) is 5.56. The zero-order chi connectivity index (χ0) is 15.4. The molecule has 0 aliphatic carbocycles. The number of hydrogen-bond acceptors (Lipinski definition) is 3. The van der Waals surface area contributed by atoms with E-state index in [1.807, 2.05) is 12.2 Å². The molecule has 0 N–H and O–H groups in total. The molecular weight excluding hydrogens is 232 g/mol. The fourth-order valence-corrected chi connectivity index (χ4v) is 0.775. The minimum absolute atomic E-state index is 0.976. The van der Waals surface area contributed by atoms with Gasteiger partial charge in [-0.2, -0.15) is 0 Å². The van der Waals surface area contributed by atoms with E-state index in [0.29, 0.717) is 0 Å². The van der Waals surface area contributed by atoms with Crippen LogP contribution in [-0.4, -0.2) is 70.5 Å². The number of quaternary nitrogens is 2. The number of nitrogens with zero attached hydrogens (tertiary/aromatic N) is 2. The maximum Gasteiger partial charge on any atom is 0.0964 e. The second-order valence-corrected chi connectivity index (χ2v) is 5.77. The summed E-state index contributed by atoms with van der Waals surface area (Å²) in [5.74, 6) is 0. The third-order valence-electron chi connectivity index (χ3n) is 1.35. The Morgan fingerprint density at radius 2 is 1.06 bits per heavy atom. The van der Waals surface area contributed by atoms with Crippen molar-refractivity contribution in [3.8, 4) is 0 Å². The normalized spacial score (nSPS) is 10.1. The third-order valence-corrected chi connectivity index (χ3v) is 1.35. The van der Waals surface area contributed by atoms with Crippen LogP contribution in [-0.2, 0) is 0 Å². The fourth-order valence-electron chi connectivity index (χ4n) is 0.775. The van der Waals surface area contributed by atoms with Crippen LogP contribution < -0.4 is 10.2 Å². The van der Waals surface area contributed by atoms with Crippen LogP contribution in [0.1, 0.15) is 0 Å². The van der Waals surface area contributed by atoms with Gasteiger partial charge >= 0.3 is 0 Å². The predicted molar refractivity (Wildman–Crippen MR) is 71.6 cm³/mol. The van der Waals surface area contributed by atoms with Crippen LogP contribution in [0.5, 0.6) is 0 Å². The smallest absolute Gasteiger partial charge is 0.0964 e. The molecule has 0 atom stereocenters. The second-order valence-electron chi connectivity index (χ2n) is 5.77. The zero-order valence-corrected chi connectivity index (χ0v) is 12.6. The van der Waals surface area contributed by atoms with Crippen molar-refractivity contribution in [2.75, 3.05) is 55.4 Å². The highest BCUT2D eigenvalue weighted by Gasteiger charge is 2.00. The number of carbonyl (C=O) groups is 1. The first-order chi connectivity index (χ1) is 7.85. The van der Waals surface area contributed by atoms with Crippen molar-refractivity contribution in [3.63, 3.8) is 0 Å². The number of hydrogen-bond donors (Lipinski definition) is 0. The Kier molecular flexibility index (Phi) is 13.1. The van der Waals surface area contributed by atoms with Crippen LogP contribution in [0.3, 0.4) is 0 Å².